The molecule has 5 rings (SSSR count). The van der Waals surface area contributed by atoms with Gasteiger partial charge in [-0.1, -0.05) is 35.9 Å². The number of nitrogens with zero attached hydrogens (tertiary/aromatic N) is 2. The molecule has 2 heterocycles. The van der Waals surface area contributed by atoms with E-state index in [1.165, 1.54) is 28.7 Å². The highest BCUT2D eigenvalue weighted by molar-refractivity contribution is 7.89. The molecule has 0 amide bonds. The molecule has 176 valence electrons. The van der Waals surface area contributed by atoms with Gasteiger partial charge in [0, 0.05) is 26.2 Å². The van der Waals surface area contributed by atoms with Crippen LogP contribution in [-0.4, -0.2) is 50.3 Å². The van der Waals surface area contributed by atoms with E-state index in [-0.39, 0.29) is 5.54 Å². The van der Waals surface area contributed by atoms with E-state index in [1.54, 1.807) is 10.4 Å². The van der Waals surface area contributed by atoms with Crippen LogP contribution in [0, 0.1) is 6.92 Å². The number of fused-ring (bicyclic) bond motifs is 1. The average Bonchev–Trinajstić information content (AvgIpc) is 2.83. The van der Waals surface area contributed by atoms with E-state index in [0.29, 0.717) is 18.0 Å². The maximum Gasteiger partial charge on any atom is 0.243 e. The fourth-order valence-corrected chi connectivity index (χ4v) is 6.96. The number of benzene rings is 2. The topological polar surface area (TPSA) is 73.8 Å². The van der Waals surface area contributed by atoms with E-state index < -0.39 is 10.0 Å². The lowest BCUT2D eigenvalue weighted by Crippen LogP contribution is -2.64. The van der Waals surface area contributed by atoms with Crippen molar-refractivity contribution in [3.8, 4) is 0 Å². The fourth-order valence-electron chi connectivity index (χ4n) is 5.47. The van der Waals surface area contributed by atoms with Gasteiger partial charge in [-0.2, -0.15) is 4.31 Å². The van der Waals surface area contributed by atoms with Crippen molar-refractivity contribution in [1.29, 1.82) is 0 Å². The van der Waals surface area contributed by atoms with E-state index in [4.69, 9.17) is 4.99 Å². The lowest BCUT2D eigenvalue weighted by atomic mass is 9.85. The molecule has 33 heavy (non-hydrogen) atoms. The molecule has 2 aromatic rings. The van der Waals surface area contributed by atoms with Gasteiger partial charge >= 0.3 is 0 Å². The Labute approximate surface area is 197 Å². The van der Waals surface area contributed by atoms with Gasteiger partial charge in [0.25, 0.3) is 0 Å². The molecule has 1 spiro atoms. The van der Waals surface area contributed by atoms with Crippen LogP contribution in [0.25, 0.3) is 0 Å². The summed E-state index contributed by atoms with van der Waals surface area (Å²) in [5, 5.41) is 7.23. The third kappa shape index (κ3) is 4.59. The summed E-state index contributed by atoms with van der Waals surface area (Å²) in [4.78, 5) is 5.26. The van der Waals surface area contributed by atoms with Crippen molar-refractivity contribution >= 4 is 15.9 Å². The fraction of sp³-hybridized carbons (Fsp3) is 0.500. The summed E-state index contributed by atoms with van der Waals surface area (Å²) in [7, 11) is -3.48. The van der Waals surface area contributed by atoms with Crippen LogP contribution in [-0.2, 0) is 29.4 Å². The van der Waals surface area contributed by atoms with Crippen molar-refractivity contribution in [2.24, 2.45) is 4.99 Å². The van der Waals surface area contributed by atoms with Gasteiger partial charge in [-0.15, -0.1) is 0 Å². The van der Waals surface area contributed by atoms with Gasteiger partial charge < -0.3 is 10.6 Å². The zero-order valence-corrected chi connectivity index (χ0v) is 20.3. The summed E-state index contributed by atoms with van der Waals surface area (Å²) in [6.45, 7) is 5.39. The van der Waals surface area contributed by atoms with Crippen LogP contribution >= 0.6 is 0 Å². The Hall–Kier alpha value is -2.22. The van der Waals surface area contributed by atoms with Gasteiger partial charge in [-0.3, -0.25) is 4.99 Å². The standard InChI is InChI=1S/C26H34N4O2S/c1-20-5-4-6-21(17-20)19-28-25-26(29-14-13-27-25)11-15-30(16-12-26)33(31,32)24-10-9-22-7-2-3-8-23(22)18-24/h4-6,9-10,17-18,29H,2-3,7-8,11-16,19H2,1H3,(H,27,28). The SMILES string of the molecule is Cc1cccc(CNC2=NCCNC23CCN(S(=O)(=O)c2ccc4c(c2)CCCC4)CC3)c1. The third-order valence-electron chi connectivity index (χ3n) is 7.37. The van der Waals surface area contributed by atoms with Crippen LogP contribution < -0.4 is 10.6 Å². The molecule has 1 fully saturated rings. The van der Waals surface area contributed by atoms with Gasteiger partial charge in [-0.25, -0.2) is 8.42 Å². The van der Waals surface area contributed by atoms with Crippen LogP contribution in [0.3, 0.4) is 0 Å². The van der Waals surface area contributed by atoms with E-state index in [0.717, 1.165) is 57.6 Å². The molecule has 0 radical (unpaired) electrons. The predicted molar refractivity (Wildman–Crippen MR) is 132 cm³/mol. The molecule has 3 aliphatic rings. The molecular formula is C26H34N4O2S. The van der Waals surface area contributed by atoms with Gasteiger partial charge in [0.1, 0.15) is 5.84 Å². The van der Waals surface area contributed by atoms with Gasteiger partial charge in [0.15, 0.2) is 0 Å². The second kappa shape index (κ2) is 9.20. The molecule has 0 unspecified atom stereocenters. The minimum atomic E-state index is -3.48. The highest BCUT2D eigenvalue weighted by atomic mass is 32.2. The number of amidine groups is 1. The Kier molecular flexibility index (Phi) is 6.29. The molecule has 2 aliphatic heterocycles. The summed E-state index contributed by atoms with van der Waals surface area (Å²) in [5.41, 5.74) is 4.72. The zero-order chi connectivity index (χ0) is 22.9. The smallest absolute Gasteiger partial charge is 0.243 e. The summed E-state index contributed by atoms with van der Waals surface area (Å²) in [6, 6.07) is 14.2. The van der Waals surface area contributed by atoms with Crippen molar-refractivity contribution in [2.45, 2.75) is 62.4 Å². The van der Waals surface area contributed by atoms with Crippen molar-refractivity contribution in [3.63, 3.8) is 0 Å². The second-order valence-electron chi connectivity index (χ2n) is 9.62. The Morgan fingerprint density at radius 3 is 2.64 bits per heavy atom. The van der Waals surface area contributed by atoms with E-state index in [9.17, 15) is 8.42 Å². The maximum atomic E-state index is 13.4. The van der Waals surface area contributed by atoms with Crippen LogP contribution in [0.15, 0.2) is 52.4 Å². The van der Waals surface area contributed by atoms with Crippen LogP contribution in [0.2, 0.25) is 0 Å². The second-order valence-corrected chi connectivity index (χ2v) is 11.6. The highest BCUT2D eigenvalue weighted by Gasteiger charge is 2.43. The van der Waals surface area contributed by atoms with E-state index >= 15 is 0 Å². The number of rotatable bonds is 4. The van der Waals surface area contributed by atoms with Crippen molar-refractivity contribution in [3.05, 3.63) is 64.7 Å². The number of hydrogen-bond donors (Lipinski definition) is 2. The number of aryl methyl sites for hydroxylation is 3. The van der Waals surface area contributed by atoms with E-state index in [1.807, 2.05) is 12.1 Å². The molecule has 0 aromatic heterocycles. The van der Waals surface area contributed by atoms with Crippen LogP contribution in [0.4, 0.5) is 0 Å². The van der Waals surface area contributed by atoms with Crippen molar-refractivity contribution in [2.75, 3.05) is 26.2 Å². The van der Waals surface area contributed by atoms with Crippen LogP contribution in [0.1, 0.15) is 47.9 Å². The summed E-state index contributed by atoms with van der Waals surface area (Å²) < 4.78 is 28.5. The first kappa shape index (κ1) is 22.6. The monoisotopic (exact) mass is 466 g/mol. The molecule has 0 saturated carbocycles. The molecule has 1 saturated heterocycles. The Bertz CT molecular complexity index is 1150. The summed E-state index contributed by atoms with van der Waals surface area (Å²) in [6.07, 6.45) is 5.82. The Morgan fingerprint density at radius 2 is 1.85 bits per heavy atom. The lowest BCUT2D eigenvalue weighted by Gasteiger charge is -2.44. The molecule has 0 atom stereocenters. The van der Waals surface area contributed by atoms with Gasteiger partial charge in [-0.05, 0) is 74.3 Å². The Balaban J connectivity index is 1.28. The molecule has 1 aliphatic carbocycles. The Morgan fingerprint density at radius 1 is 1.06 bits per heavy atom. The minimum absolute atomic E-state index is 0.274. The number of sulfonamides is 1. The molecular weight excluding hydrogens is 432 g/mol. The quantitative estimate of drug-likeness (QED) is 0.726. The predicted octanol–water partition coefficient (Wildman–Crippen LogP) is 3.19. The summed E-state index contributed by atoms with van der Waals surface area (Å²) >= 11 is 0. The van der Waals surface area contributed by atoms with Crippen molar-refractivity contribution in [1.82, 2.24) is 14.9 Å². The summed E-state index contributed by atoms with van der Waals surface area (Å²) in [5.74, 6) is 0.973. The number of piperidine rings is 1. The molecule has 2 N–H and O–H groups in total. The van der Waals surface area contributed by atoms with E-state index in [2.05, 4.69) is 41.8 Å². The van der Waals surface area contributed by atoms with Gasteiger partial charge in [0.2, 0.25) is 10.0 Å². The first-order chi connectivity index (χ1) is 16.0. The van der Waals surface area contributed by atoms with Crippen LogP contribution in [0.5, 0.6) is 0 Å². The zero-order valence-electron chi connectivity index (χ0n) is 19.4. The number of aliphatic imine (C=N–C) groups is 1. The minimum Gasteiger partial charge on any atom is -0.368 e. The molecule has 6 nitrogen and oxygen atoms in total. The highest BCUT2D eigenvalue weighted by Crippen LogP contribution is 2.31. The average molecular weight is 467 g/mol. The lowest BCUT2D eigenvalue weighted by molar-refractivity contribution is 0.241. The number of hydrogen-bond acceptors (Lipinski definition) is 5. The normalized spacial score (nSPS) is 20.8. The molecule has 7 heteroatoms. The van der Waals surface area contributed by atoms with Crippen molar-refractivity contribution < 1.29 is 8.42 Å². The maximum absolute atomic E-state index is 13.4. The first-order valence-corrected chi connectivity index (χ1v) is 13.6. The number of nitrogens with one attached hydrogen (secondary N) is 2. The largest absolute Gasteiger partial charge is 0.368 e. The molecule has 2 aromatic carbocycles. The third-order valence-corrected chi connectivity index (χ3v) is 9.27. The first-order valence-electron chi connectivity index (χ1n) is 12.2. The molecule has 0 bridgehead atoms. The van der Waals surface area contributed by atoms with Gasteiger partial charge in [0.05, 0.1) is 17.0 Å².